The summed E-state index contributed by atoms with van der Waals surface area (Å²) >= 11 is 0. The van der Waals surface area contributed by atoms with Crippen molar-refractivity contribution < 1.29 is 9.53 Å². The molecule has 4 heteroatoms. The van der Waals surface area contributed by atoms with Gasteiger partial charge in [-0.3, -0.25) is 10.2 Å². The van der Waals surface area contributed by atoms with Crippen LogP contribution in [0.3, 0.4) is 0 Å². The normalized spacial score (nSPS) is 10.2. The molecule has 0 unspecified atom stereocenters. The predicted octanol–water partition coefficient (Wildman–Crippen LogP) is 1.44. The summed E-state index contributed by atoms with van der Waals surface area (Å²) in [7, 11) is 1.64. The van der Waals surface area contributed by atoms with E-state index < -0.39 is 0 Å². The topological polar surface area (TPSA) is 50.4 Å². The van der Waals surface area contributed by atoms with E-state index >= 15 is 0 Å². The Labute approximate surface area is 96.0 Å². The van der Waals surface area contributed by atoms with E-state index in [-0.39, 0.29) is 12.5 Å². The molecule has 0 aromatic heterocycles. The average molecular weight is 222 g/mol. The first-order valence-corrected chi connectivity index (χ1v) is 5.32. The van der Waals surface area contributed by atoms with Crippen LogP contribution >= 0.6 is 0 Å². The molecule has 0 saturated carbocycles. The van der Waals surface area contributed by atoms with Gasteiger partial charge in [-0.05, 0) is 17.5 Å². The van der Waals surface area contributed by atoms with Crippen LogP contribution in [-0.4, -0.2) is 19.6 Å². The van der Waals surface area contributed by atoms with E-state index in [1.54, 1.807) is 7.05 Å². The van der Waals surface area contributed by atoms with Gasteiger partial charge in [-0.25, -0.2) is 5.43 Å². The predicted molar refractivity (Wildman–Crippen MR) is 63.2 cm³/mol. The summed E-state index contributed by atoms with van der Waals surface area (Å²) in [6, 6.07) is 7.75. The molecule has 0 aliphatic heterocycles. The number of carbonyl (C=O) groups is 1. The molecule has 4 nitrogen and oxygen atoms in total. The third-order valence-electron chi connectivity index (χ3n) is 2.16. The van der Waals surface area contributed by atoms with E-state index in [9.17, 15) is 4.79 Å². The van der Waals surface area contributed by atoms with E-state index in [0.717, 1.165) is 11.3 Å². The van der Waals surface area contributed by atoms with Gasteiger partial charge in [0, 0.05) is 7.05 Å². The lowest BCUT2D eigenvalue weighted by Gasteiger charge is -2.13. The average Bonchev–Trinajstić information content (AvgIpc) is 2.27. The van der Waals surface area contributed by atoms with Gasteiger partial charge in [-0.2, -0.15) is 0 Å². The van der Waals surface area contributed by atoms with Crippen molar-refractivity contribution in [3.8, 4) is 5.75 Å². The number of hydrogen-bond donors (Lipinski definition) is 2. The summed E-state index contributed by atoms with van der Waals surface area (Å²) < 4.78 is 5.46. The van der Waals surface area contributed by atoms with Gasteiger partial charge in [-0.1, -0.05) is 32.0 Å². The van der Waals surface area contributed by atoms with Crippen LogP contribution in [0.25, 0.3) is 0 Å². The lowest BCUT2D eigenvalue weighted by atomic mass is 10.0. The fourth-order valence-corrected chi connectivity index (χ4v) is 1.41. The maximum Gasteiger partial charge on any atom is 0.271 e. The molecule has 0 fully saturated rings. The highest BCUT2D eigenvalue weighted by Gasteiger charge is 2.08. The number of nitrogens with one attached hydrogen (secondary N) is 2. The Morgan fingerprint density at radius 2 is 2.06 bits per heavy atom. The number of hydrazine groups is 1. The van der Waals surface area contributed by atoms with E-state index in [2.05, 4.69) is 24.7 Å². The molecule has 0 aliphatic rings. The molecule has 2 N–H and O–H groups in total. The van der Waals surface area contributed by atoms with E-state index in [0.29, 0.717) is 5.92 Å². The van der Waals surface area contributed by atoms with Crippen LogP contribution in [-0.2, 0) is 4.79 Å². The number of rotatable bonds is 5. The maximum absolute atomic E-state index is 11.2. The molecule has 1 rings (SSSR count). The molecular formula is C12H18N2O2. The molecule has 1 aromatic carbocycles. The fraction of sp³-hybridized carbons (Fsp3) is 0.417. The maximum atomic E-state index is 11.2. The molecule has 88 valence electrons. The molecule has 0 spiro atoms. The van der Waals surface area contributed by atoms with Gasteiger partial charge >= 0.3 is 0 Å². The quantitative estimate of drug-likeness (QED) is 0.741. The Hall–Kier alpha value is -1.55. The van der Waals surface area contributed by atoms with Crippen LogP contribution in [0.4, 0.5) is 0 Å². The first-order chi connectivity index (χ1) is 7.65. The van der Waals surface area contributed by atoms with Crippen molar-refractivity contribution in [1.29, 1.82) is 0 Å². The SMILES string of the molecule is CNNC(=O)COc1ccccc1C(C)C. The Balaban J connectivity index is 2.63. The standard InChI is InChI=1S/C12H18N2O2/c1-9(2)10-6-4-5-7-11(10)16-8-12(15)14-13-3/h4-7,9,13H,8H2,1-3H3,(H,14,15). The lowest BCUT2D eigenvalue weighted by Crippen LogP contribution is -2.37. The second kappa shape index (κ2) is 6.12. The Bertz CT molecular complexity index is 351. The number of benzene rings is 1. The molecule has 16 heavy (non-hydrogen) atoms. The van der Waals surface area contributed by atoms with Gasteiger partial charge in [-0.15, -0.1) is 0 Å². The van der Waals surface area contributed by atoms with E-state index in [1.807, 2.05) is 24.3 Å². The van der Waals surface area contributed by atoms with Crippen LogP contribution in [0.1, 0.15) is 25.3 Å². The van der Waals surface area contributed by atoms with Gasteiger partial charge in [0.2, 0.25) is 0 Å². The number of amides is 1. The molecule has 0 saturated heterocycles. The van der Waals surface area contributed by atoms with Crippen molar-refractivity contribution in [2.24, 2.45) is 0 Å². The first kappa shape index (κ1) is 12.5. The van der Waals surface area contributed by atoms with Crippen LogP contribution in [0, 0.1) is 0 Å². The Morgan fingerprint density at radius 3 is 2.69 bits per heavy atom. The van der Waals surface area contributed by atoms with Crippen molar-refractivity contribution in [3.63, 3.8) is 0 Å². The summed E-state index contributed by atoms with van der Waals surface area (Å²) in [5.41, 5.74) is 6.12. The fourth-order valence-electron chi connectivity index (χ4n) is 1.41. The molecule has 1 aromatic rings. The summed E-state index contributed by atoms with van der Waals surface area (Å²) in [4.78, 5) is 11.2. The van der Waals surface area contributed by atoms with Gasteiger partial charge in [0.1, 0.15) is 5.75 Å². The second-order valence-corrected chi connectivity index (χ2v) is 3.78. The van der Waals surface area contributed by atoms with Crippen molar-refractivity contribution >= 4 is 5.91 Å². The monoisotopic (exact) mass is 222 g/mol. The smallest absolute Gasteiger partial charge is 0.271 e. The van der Waals surface area contributed by atoms with Crippen LogP contribution in [0.15, 0.2) is 24.3 Å². The van der Waals surface area contributed by atoms with Crippen molar-refractivity contribution in [2.45, 2.75) is 19.8 Å². The third-order valence-corrected chi connectivity index (χ3v) is 2.16. The van der Waals surface area contributed by atoms with Crippen molar-refractivity contribution in [3.05, 3.63) is 29.8 Å². The van der Waals surface area contributed by atoms with Gasteiger partial charge in [0.25, 0.3) is 5.91 Å². The Morgan fingerprint density at radius 1 is 1.38 bits per heavy atom. The summed E-state index contributed by atoms with van der Waals surface area (Å²) in [6.45, 7) is 4.20. The van der Waals surface area contributed by atoms with Crippen LogP contribution < -0.4 is 15.6 Å². The van der Waals surface area contributed by atoms with Crippen molar-refractivity contribution in [2.75, 3.05) is 13.7 Å². The zero-order chi connectivity index (χ0) is 12.0. The molecule has 0 bridgehead atoms. The summed E-state index contributed by atoms with van der Waals surface area (Å²) in [6.07, 6.45) is 0. The molecule has 0 aliphatic carbocycles. The number of para-hydroxylation sites is 1. The lowest BCUT2D eigenvalue weighted by molar-refractivity contribution is -0.123. The van der Waals surface area contributed by atoms with E-state index in [4.69, 9.17) is 4.74 Å². The van der Waals surface area contributed by atoms with Gasteiger partial charge < -0.3 is 4.74 Å². The highest BCUT2D eigenvalue weighted by molar-refractivity contribution is 5.76. The third kappa shape index (κ3) is 3.55. The molecule has 0 atom stereocenters. The highest BCUT2D eigenvalue weighted by Crippen LogP contribution is 2.25. The molecular weight excluding hydrogens is 204 g/mol. The molecule has 0 heterocycles. The zero-order valence-corrected chi connectivity index (χ0v) is 9.91. The molecule has 1 amide bonds. The number of ether oxygens (including phenoxy) is 1. The Kier molecular flexibility index (Phi) is 4.79. The summed E-state index contributed by atoms with van der Waals surface area (Å²) in [5.74, 6) is 0.952. The minimum atomic E-state index is -0.193. The number of hydrogen-bond acceptors (Lipinski definition) is 3. The zero-order valence-electron chi connectivity index (χ0n) is 9.91. The first-order valence-electron chi connectivity index (χ1n) is 5.32. The largest absolute Gasteiger partial charge is 0.483 e. The van der Waals surface area contributed by atoms with Crippen LogP contribution in [0.5, 0.6) is 5.75 Å². The van der Waals surface area contributed by atoms with Crippen LogP contribution in [0.2, 0.25) is 0 Å². The van der Waals surface area contributed by atoms with Gasteiger partial charge in [0.15, 0.2) is 6.61 Å². The van der Waals surface area contributed by atoms with E-state index in [1.165, 1.54) is 0 Å². The molecule has 0 radical (unpaired) electrons. The van der Waals surface area contributed by atoms with Gasteiger partial charge in [0.05, 0.1) is 0 Å². The summed E-state index contributed by atoms with van der Waals surface area (Å²) in [5, 5.41) is 0. The number of carbonyl (C=O) groups excluding carboxylic acids is 1. The highest BCUT2D eigenvalue weighted by atomic mass is 16.5. The van der Waals surface area contributed by atoms with Crippen molar-refractivity contribution in [1.82, 2.24) is 10.9 Å². The minimum absolute atomic E-state index is 0.0184. The second-order valence-electron chi connectivity index (χ2n) is 3.78. The minimum Gasteiger partial charge on any atom is -0.483 e.